The molecule has 0 fully saturated rings. The Morgan fingerprint density at radius 1 is 0.735 bits per heavy atom. The maximum atomic E-state index is 13.0. The Labute approximate surface area is 191 Å². The minimum Gasteiger partial charge on any atom is -0.504 e. The maximum absolute atomic E-state index is 13.0. The van der Waals surface area contributed by atoms with Gasteiger partial charge in [0.25, 0.3) is 0 Å². The van der Waals surface area contributed by atoms with E-state index in [0.29, 0.717) is 40.4 Å². The van der Waals surface area contributed by atoms with E-state index >= 15 is 0 Å². The van der Waals surface area contributed by atoms with Crippen LogP contribution < -0.4 is 5.63 Å². The van der Waals surface area contributed by atoms with Crippen LogP contribution in [-0.2, 0) is 13.0 Å². The van der Waals surface area contributed by atoms with Gasteiger partial charge in [-0.15, -0.1) is 0 Å². The van der Waals surface area contributed by atoms with Crippen LogP contribution in [0.5, 0.6) is 34.5 Å². The summed E-state index contributed by atoms with van der Waals surface area (Å²) in [6.45, 7) is 0.297. The average molecular weight is 461 g/mol. The van der Waals surface area contributed by atoms with Gasteiger partial charge in [0.2, 0.25) is 0 Å². The van der Waals surface area contributed by atoms with E-state index in [1.165, 1.54) is 30.3 Å². The molecule has 0 atom stereocenters. The molecule has 0 amide bonds. The van der Waals surface area contributed by atoms with Crippen molar-refractivity contribution >= 4 is 21.9 Å². The van der Waals surface area contributed by atoms with E-state index in [-0.39, 0.29) is 34.1 Å². The van der Waals surface area contributed by atoms with Crippen LogP contribution in [0.25, 0.3) is 33.0 Å². The summed E-state index contributed by atoms with van der Waals surface area (Å²) in [5.74, 6) is -1.96. The second-order valence-corrected chi connectivity index (χ2v) is 7.96. The Bertz CT molecular complexity index is 1650. The molecule has 0 aliphatic rings. The van der Waals surface area contributed by atoms with Gasteiger partial charge >= 0.3 is 5.63 Å². The molecule has 34 heavy (non-hydrogen) atoms. The molecule has 5 rings (SSSR count). The minimum atomic E-state index is -0.671. The predicted molar refractivity (Wildman–Crippen MR) is 124 cm³/mol. The summed E-state index contributed by atoms with van der Waals surface area (Å²) in [5.41, 5.74) is 1.34. The van der Waals surface area contributed by atoms with Gasteiger partial charge in [0, 0.05) is 35.1 Å². The molecule has 0 aliphatic carbocycles. The number of aromatic hydroxyl groups is 6. The molecule has 0 unspecified atom stereocenters. The summed E-state index contributed by atoms with van der Waals surface area (Å²) in [6, 6.07) is 11.2. The Morgan fingerprint density at radius 2 is 1.38 bits per heavy atom. The van der Waals surface area contributed by atoms with Crippen molar-refractivity contribution in [2.75, 3.05) is 0 Å². The van der Waals surface area contributed by atoms with Crippen molar-refractivity contribution in [2.45, 2.75) is 13.0 Å². The van der Waals surface area contributed by atoms with E-state index in [2.05, 4.69) is 0 Å². The van der Waals surface area contributed by atoms with Gasteiger partial charge in [-0.05, 0) is 47.9 Å². The average Bonchev–Trinajstić information content (AvgIpc) is 3.18. The number of hydrogen-bond acceptors (Lipinski definition) is 8. The molecule has 9 nitrogen and oxygen atoms in total. The van der Waals surface area contributed by atoms with Crippen LogP contribution >= 0.6 is 0 Å². The molecule has 0 radical (unpaired) electrons. The summed E-state index contributed by atoms with van der Waals surface area (Å²) in [4.78, 5) is 13.0. The highest BCUT2D eigenvalue weighted by Gasteiger charge is 2.20. The first kappa shape index (κ1) is 21.1. The van der Waals surface area contributed by atoms with Crippen molar-refractivity contribution < 1.29 is 35.1 Å². The molecule has 172 valence electrons. The first-order valence-electron chi connectivity index (χ1n) is 10.3. The van der Waals surface area contributed by atoms with Crippen molar-refractivity contribution in [3.63, 3.8) is 0 Å². The summed E-state index contributed by atoms with van der Waals surface area (Å²) in [7, 11) is 0. The molecule has 2 aromatic heterocycles. The zero-order valence-corrected chi connectivity index (χ0v) is 17.6. The van der Waals surface area contributed by atoms with Gasteiger partial charge in [0.1, 0.15) is 11.1 Å². The molecule has 2 heterocycles. The number of fused-ring (bicyclic) bond motifs is 3. The van der Waals surface area contributed by atoms with Crippen LogP contribution in [0.3, 0.4) is 0 Å². The van der Waals surface area contributed by atoms with E-state index < -0.39 is 17.1 Å². The van der Waals surface area contributed by atoms with Crippen molar-refractivity contribution in [1.82, 2.24) is 4.57 Å². The number of rotatable bonds is 4. The number of phenolic OH excluding ortho intramolecular Hbond substituents is 6. The highest BCUT2D eigenvalue weighted by Crippen LogP contribution is 2.40. The first-order valence-corrected chi connectivity index (χ1v) is 10.3. The van der Waals surface area contributed by atoms with Crippen LogP contribution in [0.4, 0.5) is 0 Å². The highest BCUT2D eigenvalue weighted by molar-refractivity contribution is 6.12. The SMILES string of the molecule is O=c1oc2cc(O)c(O)cc2c2c(-c3ccc(O)c(O)c3)cn(CCc3ccc(O)c(O)c3)c12. The number of hydrogen-bond donors (Lipinski definition) is 6. The quantitative estimate of drug-likeness (QED) is 0.174. The lowest BCUT2D eigenvalue weighted by atomic mass is 10.0. The fourth-order valence-electron chi connectivity index (χ4n) is 4.09. The highest BCUT2D eigenvalue weighted by atomic mass is 16.4. The lowest BCUT2D eigenvalue weighted by molar-refractivity contribution is 0.403. The lowest BCUT2D eigenvalue weighted by Gasteiger charge is -2.07. The Morgan fingerprint density at radius 3 is 2.09 bits per heavy atom. The van der Waals surface area contributed by atoms with Gasteiger partial charge in [-0.25, -0.2) is 4.79 Å². The normalized spacial score (nSPS) is 11.4. The summed E-state index contributed by atoms with van der Waals surface area (Å²) < 4.78 is 7.08. The minimum absolute atomic E-state index is 0.0678. The second-order valence-electron chi connectivity index (χ2n) is 7.96. The van der Waals surface area contributed by atoms with Gasteiger partial charge < -0.3 is 39.6 Å². The van der Waals surface area contributed by atoms with Crippen LogP contribution in [-0.4, -0.2) is 35.2 Å². The largest absolute Gasteiger partial charge is 0.504 e. The van der Waals surface area contributed by atoms with Crippen LogP contribution in [0.2, 0.25) is 0 Å². The number of nitrogens with zero attached hydrogens (tertiary/aromatic N) is 1. The Balaban J connectivity index is 1.75. The standard InChI is InChI=1S/C25H19NO8/c27-16-3-1-12(7-18(16)29)5-6-26-11-15(13-2-4-17(28)19(30)8-13)23-14-9-20(31)21(32)10-22(14)34-25(33)24(23)26/h1-4,7-11,27-32H,5-6H2. The first-order chi connectivity index (χ1) is 16.2. The van der Waals surface area contributed by atoms with Gasteiger partial charge in [-0.1, -0.05) is 12.1 Å². The van der Waals surface area contributed by atoms with Crippen LogP contribution in [0.1, 0.15) is 5.56 Å². The summed E-state index contributed by atoms with van der Waals surface area (Å²) in [6.07, 6.45) is 2.09. The molecule has 5 aromatic rings. The van der Waals surface area contributed by atoms with Crippen molar-refractivity contribution in [1.29, 1.82) is 0 Å². The monoisotopic (exact) mass is 461 g/mol. The maximum Gasteiger partial charge on any atom is 0.361 e. The molecule has 0 spiro atoms. The fraction of sp³-hybridized carbons (Fsp3) is 0.0800. The third kappa shape index (κ3) is 3.39. The van der Waals surface area contributed by atoms with Gasteiger partial charge in [-0.2, -0.15) is 0 Å². The molecular weight excluding hydrogens is 442 g/mol. The number of benzene rings is 3. The van der Waals surface area contributed by atoms with E-state index in [1.54, 1.807) is 22.9 Å². The van der Waals surface area contributed by atoms with Crippen molar-refractivity contribution in [3.05, 3.63) is 70.7 Å². The molecule has 3 aromatic carbocycles. The van der Waals surface area contributed by atoms with Gasteiger partial charge in [0.15, 0.2) is 34.5 Å². The number of aromatic nitrogens is 1. The summed E-state index contributed by atoms with van der Waals surface area (Å²) >= 11 is 0. The molecule has 0 saturated carbocycles. The van der Waals surface area contributed by atoms with Gasteiger partial charge in [0.05, 0.1) is 0 Å². The third-order valence-electron chi connectivity index (χ3n) is 5.79. The number of phenols is 6. The van der Waals surface area contributed by atoms with Crippen LogP contribution in [0, 0.1) is 0 Å². The fourth-order valence-corrected chi connectivity index (χ4v) is 4.09. The van der Waals surface area contributed by atoms with Crippen LogP contribution in [0.15, 0.2) is 63.9 Å². The van der Waals surface area contributed by atoms with E-state index in [4.69, 9.17) is 4.42 Å². The summed E-state index contributed by atoms with van der Waals surface area (Å²) in [5, 5.41) is 59.8. The molecular formula is C25H19NO8. The molecule has 6 N–H and O–H groups in total. The zero-order valence-electron chi connectivity index (χ0n) is 17.6. The lowest BCUT2D eigenvalue weighted by Crippen LogP contribution is -2.08. The van der Waals surface area contributed by atoms with E-state index in [0.717, 1.165) is 6.07 Å². The Hall–Kier alpha value is -4.79. The Kier molecular flexibility index (Phi) is 4.75. The molecule has 0 aliphatic heterocycles. The van der Waals surface area contributed by atoms with Gasteiger partial charge in [-0.3, -0.25) is 0 Å². The van der Waals surface area contributed by atoms with E-state index in [1.807, 2.05) is 0 Å². The topological polar surface area (TPSA) is 157 Å². The molecule has 0 saturated heterocycles. The third-order valence-corrected chi connectivity index (χ3v) is 5.79. The second kappa shape index (κ2) is 7.66. The molecule has 9 heteroatoms. The smallest absolute Gasteiger partial charge is 0.361 e. The molecule has 0 bridgehead atoms. The van der Waals surface area contributed by atoms with Crippen molar-refractivity contribution in [2.24, 2.45) is 0 Å². The van der Waals surface area contributed by atoms with E-state index in [9.17, 15) is 35.4 Å². The predicted octanol–water partition coefficient (Wildman–Crippen LogP) is 3.89. The zero-order chi connectivity index (χ0) is 24.1. The number of aryl methyl sites for hydroxylation is 2. The van der Waals surface area contributed by atoms with Crippen molar-refractivity contribution in [3.8, 4) is 45.6 Å².